The van der Waals surface area contributed by atoms with Gasteiger partial charge in [0.1, 0.15) is 5.60 Å². The number of nitrogens with zero attached hydrogens (tertiary/aromatic N) is 1. The summed E-state index contributed by atoms with van der Waals surface area (Å²) < 4.78 is 23.0. The zero-order valence-electron chi connectivity index (χ0n) is 29.5. The molecule has 1 heterocycles. The summed E-state index contributed by atoms with van der Waals surface area (Å²) in [5, 5.41) is 28.8. The first-order chi connectivity index (χ1) is 24.7. The smallest absolute Gasteiger partial charge is 0.338 e. The fourth-order valence-corrected chi connectivity index (χ4v) is 10.6. The standard InChI is InChI=1S/C42H43FN2O7/c1-23-15-34-33-10-8-28-18-30(46)11-13-39(28,2)41(33,43)35(47)20-40(34,3)42(23,51)36(48)22-52-38(50)26-6-4-5-25(16-26)31-19-32(31)37(49)45-29-9-7-27-21-44-14-12-24(27)17-29/h4-7,9,11-14,16-18,21,23,31-35,47,51H,8,10,15,19-20,22H2,1-3H3,(H,45,49)/t23-,31+,32-,33+,34+,35+,39+,40+,41+,42+/m1/s1. The predicted molar refractivity (Wildman–Crippen MR) is 191 cm³/mol. The van der Waals surface area contributed by atoms with Crippen LogP contribution in [0.5, 0.6) is 0 Å². The van der Waals surface area contributed by atoms with E-state index in [2.05, 4.69) is 10.3 Å². The maximum atomic E-state index is 17.5. The number of rotatable bonds is 7. The lowest BCUT2D eigenvalue weighted by Crippen LogP contribution is -2.69. The zero-order valence-corrected chi connectivity index (χ0v) is 29.5. The number of halogens is 1. The third-order valence-electron chi connectivity index (χ3n) is 13.6. The fourth-order valence-electron chi connectivity index (χ4n) is 10.6. The number of hydrogen-bond acceptors (Lipinski definition) is 8. The molecule has 8 rings (SSSR count). The first-order valence-electron chi connectivity index (χ1n) is 18.2. The molecule has 10 heteroatoms. The molecular formula is C42H43FN2O7. The van der Waals surface area contributed by atoms with Gasteiger partial charge >= 0.3 is 5.97 Å². The normalized spacial score (nSPS) is 37.3. The molecule has 1 amide bonds. The summed E-state index contributed by atoms with van der Waals surface area (Å²) in [6.45, 7) is 4.56. The highest BCUT2D eigenvalue weighted by Crippen LogP contribution is 2.70. The number of amides is 1. The highest BCUT2D eigenvalue weighted by atomic mass is 19.1. The summed E-state index contributed by atoms with van der Waals surface area (Å²) in [5.41, 5.74) is -4.01. The second-order valence-corrected chi connectivity index (χ2v) is 16.2. The lowest BCUT2D eigenvalue weighted by Gasteiger charge is -2.62. The van der Waals surface area contributed by atoms with E-state index in [1.807, 2.05) is 30.3 Å². The van der Waals surface area contributed by atoms with Crippen molar-refractivity contribution >= 4 is 39.9 Å². The van der Waals surface area contributed by atoms with Crippen LogP contribution in [-0.4, -0.2) is 62.6 Å². The van der Waals surface area contributed by atoms with E-state index >= 15 is 4.39 Å². The Kier molecular flexibility index (Phi) is 7.97. The molecule has 0 unspecified atom stereocenters. The second-order valence-electron chi connectivity index (χ2n) is 16.2. The summed E-state index contributed by atoms with van der Waals surface area (Å²) in [4.78, 5) is 56.6. The number of hydrogen-bond donors (Lipinski definition) is 3. The van der Waals surface area contributed by atoms with E-state index < -0.39 is 64.3 Å². The van der Waals surface area contributed by atoms with E-state index in [-0.39, 0.29) is 35.5 Å². The summed E-state index contributed by atoms with van der Waals surface area (Å²) in [7, 11) is 0. The van der Waals surface area contributed by atoms with Crippen molar-refractivity contribution in [3.05, 3.63) is 95.9 Å². The van der Waals surface area contributed by atoms with Crippen LogP contribution in [0.4, 0.5) is 10.1 Å². The number of nitrogens with one attached hydrogen (secondary N) is 1. The lowest BCUT2D eigenvalue weighted by atomic mass is 9.44. The molecule has 0 saturated heterocycles. The van der Waals surface area contributed by atoms with E-state index in [1.165, 1.54) is 12.2 Å². The molecule has 3 aromatic rings. The number of carbonyl (C=O) groups excluding carboxylic acids is 4. The average Bonchev–Trinajstić information content (AvgIpc) is 3.91. The van der Waals surface area contributed by atoms with Crippen LogP contribution in [0.25, 0.3) is 10.8 Å². The number of carbonyl (C=O) groups is 4. The molecule has 0 bridgehead atoms. The summed E-state index contributed by atoms with van der Waals surface area (Å²) in [6, 6.07) is 14.4. The molecule has 4 saturated carbocycles. The van der Waals surface area contributed by atoms with Crippen LogP contribution in [0.2, 0.25) is 0 Å². The van der Waals surface area contributed by atoms with E-state index in [0.29, 0.717) is 36.9 Å². The van der Waals surface area contributed by atoms with Crippen molar-refractivity contribution in [2.24, 2.45) is 34.5 Å². The summed E-state index contributed by atoms with van der Waals surface area (Å²) in [6.07, 6.45) is 8.07. The minimum Gasteiger partial charge on any atom is -0.454 e. The molecule has 5 aliphatic carbocycles. The number of anilines is 1. The number of benzene rings is 2. The number of ketones is 2. The largest absolute Gasteiger partial charge is 0.454 e. The summed E-state index contributed by atoms with van der Waals surface area (Å²) >= 11 is 0. The van der Waals surface area contributed by atoms with Gasteiger partial charge in [0.15, 0.2) is 18.1 Å². The molecule has 270 valence electrons. The number of aliphatic hydroxyl groups excluding tert-OH is 1. The molecule has 0 spiro atoms. The highest BCUT2D eigenvalue weighted by Gasteiger charge is 2.75. The van der Waals surface area contributed by atoms with Crippen molar-refractivity contribution in [2.45, 2.75) is 76.2 Å². The Bertz CT molecular complexity index is 2100. The number of ether oxygens (including phenoxy) is 1. The quantitative estimate of drug-likeness (QED) is 0.252. The molecule has 4 fully saturated rings. The van der Waals surface area contributed by atoms with Crippen LogP contribution in [0.15, 0.2) is 84.7 Å². The molecule has 3 N–H and O–H groups in total. The number of aliphatic hydroxyl groups is 2. The molecule has 52 heavy (non-hydrogen) atoms. The molecule has 5 aliphatic rings. The Morgan fingerprint density at radius 1 is 1.06 bits per heavy atom. The monoisotopic (exact) mass is 706 g/mol. The number of aromatic nitrogens is 1. The number of Topliss-reactive ketones (excluding diaryl/α,β-unsaturated/α-hetero) is 1. The number of pyridine rings is 1. The van der Waals surface area contributed by atoms with E-state index in [9.17, 15) is 29.4 Å². The van der Waals surface area contributed by atoms with Gasteiger partial charge in [0.2, 0.25) is 11.7 Å². The Balaban J connectivity index is 0.935. The van der Waals surface area contributed by atoms with Crippen molar-refractivity contribution in [2.75, 3.05) is 11.9 Å². The van der Waals surface area contributed by atoms with Crippen molar-refractivity contribution in [3.8, 4) is 0 Å². The second kappa shape index (κ2) is 12.0. The fraction of sp³-hybridized carbons (Fsp3) is 0.452. The molecule has 10 atom stereocenters. The highest BCUT2D eigenvalue weighted by molar-refractivity contribution is 6.01. The van der Waals surface area contributed by atoms with Crippen LogP contribution in [0, 0.1) is 34.5 Å². The number of fused-ring (bicyclic) bond motifs is 6. The maximum absolute atomic E-state index is 17.5. The van der Waals surface area contributed by atoms with Gasteiger partial charge in [0.05, 0.1) is 11.7 Å². The van der Waals surface area contributed by atoms with Crippen molar-refractivity contribution < 1.29 is 38.5 Å². The SMILES string of the molecule is C[C@@H]1C[C@H]2[C@@H]3CCC4=CC(=O)C=C[C@]4(C)[C@@]3(F)[C@@H](O)C[C@]2(C)[C@@]1(O)C(=O)COC(=O)c1cccc([C@@H]2C[C@H]2C(=O)Nc2ccc3cnccc3c2)c1. The van der Waals surface area contributed by atoms with Gasteiger partial charge in [0, 0.05) is 46.1 Å². The van der Waals surface area contributed by atoms with Gasteiger partial charge in [-0.2, -0.15) is 0 Å². The van der Waals surface area contributed by atoms with Crippen LogP contribution in [-0.2, 0) is 19.1 Å². The van der Waals surface area contributed by atoms with Crippen LogP contribution in [0.3, 0.4) is 0 Å². The zero-order chi connectivity index (χ0) is 36.8. The minimum absolute atomic E-state index is 0.0745. The Hall–Kier alpha value is -4.54. The molecular weight excluding hydrogens is 663 g/mol. The number of esters is 1. The third kappa shape index (κ3) is 4.97. The predicted octanol–water partition coefficient (Wildman–Crippen LogP) is 6.05. The van der Waals surface area contributed by atoms with Gasteiger partial charge < -0.3 is 20.3 Å². The van der Waals surface area contributed by atoms with Gasteiger partial charge in [-0.25, -0.2) is 9.18 Å². The van der Waals surface area contributed by atoms with E-state index in [0.717, 1.165) is 16.3 Å². The number of alkyl halides is 1. The van der Waals surface area contributed by atoms with Gasteiger partial charge in [-0.15, -0.1) is 0 Å². The van der Waals surface area contributed by atoms with Crippen LogP contribution >= 0.6 is 0 Å². The third-order valence-corrected chi connectivity index (χ3v) is 13.6. The van der Waals surface area contributed by atoms with Crippen molar-refractivity contribution in [3.63, 3.8) is 0 Å². The topological polar surface area (TPSA) is 143 Å². The average molecular weight is 707 g/mol. The first kappa shape index (κ1) is 34.5. The Morgan fingerprint density at radius 3 is 2.67 bits per heavy atom. The van der Waals surface area contributed by atoms with Crippen LogP contribution < -0.4 is 5.32 Å². The Labute approximate surface area is 301 Å². The molecule has 1 aromatic heterocycles. The van der Waals surface area contributed by atoms with Crippen LogP contribution in [0.1, 0.15) is 74.7 Å². The van der Waals surface area contributed by atoms with Gasteiger partial charge in [-0.1, -0.05) is 43.7 Å². The van der Waals surface area contributed by atoms with E-state index in [1.54, 1.807) is 57.4 Å². The molecule has 9 nitrogen and oxygen atoms in total. The molecule has 0 aliphatic heterocycles. The van der Waals surface area contributed by atoms with Gasteiger partial charge in [0.25, 0.3) is 0 Å². The molecule has 2 aromatic carbocycles. The number of allylic oxidation sites excluding steroid dienone is 4. The minimum atomic E-state index is -2.08. The van der Waals surface area contributed by atoms with Gasteiger partial charge in [-0.3, -0.25) is 19.4 Å². The first-order valence-corrected chi connectivity index (χ1v) is 18.2. The Morgan fingerprint density at radius 2 is 1.87 bits per heavy atom. The summed E-state index contributed by atoms with van der Waals surface area (Å²) in [5.74, 6) is -3.71. The van der Waals surface area contributed by atoms with Crippen molar-refractivity contribution in [1.82, 2.24) is 4.98 Å². The maximum Gasteiger partial charge on any atom is 0.338 e. The van der Waals surface area contributed by atoms with Gasteiger partial charge in [-0.05, 0) is 110 Å². The van der Waals surface area contributed by atoms with E-state index in [4.69, 9.17) is 4.74 Å². The van der Waals surface area contributed by atoms with Crippen molar-refractivity contribution in [1.29, 1.82) is 0 Å². The lowest BCUT2D eigenvalue weighted by molar-refractivity contribution is -0.219. The molecule has 0 radical (unpaired) electrons.